The Morgan fingerprint density at radius 3 is 1.90 bits per heavy atom. The van der Waals surface area contributed by atoms with E-state index in [1.54, 1.807) is 12.1 Å². The quantitative estimate of drug-likeness (QED) is 0.435. The number of carbonyl (C=O) groups is 2. The van der Waals surface area contributed by atoms with Crippen LogP contribution in [0, 0.1) is 6.92 Å². The van der Waals surface area contributed by atoms with Crippen LogP contribution in [0.25, 0.3) is 22.1 Å². The van der Waals surface area contributed by atoms with Gasteiger partial charge in [-0.1, -0.05) is 30.3 Å². The van der Waals surface area contributed by atoms with Crippen LogP contribution in [-0.2, 0) is 0 Å². The second-order valence-electron chi connectivity index (χ2n) is 7.10. The number of amides is 2. The van der Waals surface area contributed by atoms with Gasteiger partial charge in [-0.15, -0.1) is 0 Å². The van der Waals surface area contributed by atoms with Crippen molar-refractivity contribution in [3.63, 3.8) is 0 Å². The Morgan fingerprint density at radius 2 is 1.29 bits per heavy atom. The van der Waals surface area contributed by atoms with Crippen molar-refractivity contribution in [2.45, 2.75) is 6.92 Å². The lowest BCUT2D eigenvalue weighted by Crippen LogP contribution is -2.20. The molecule has 0 spiro atoms. The number of aryl methyl sites for hydroxylation is 1. The first-order chi connectivity index (χ1) is 15.1. The molecule has 31 heavy (non-hydrogen) atoms. The summed E-state index contributed by atoms with van der Waals surface area (Å²) in [7, 11) is 0. The molecule has 5 rings (SSSR count). The van der Waals surface area contributed by atoms with E-state index in [0.717, 1.165) is 16.6 Å². The number of anilines is 2. The number of benzene rings is 3. The van der Waals surface area contributed by atoms with Gasteiger partial charge in [-0.05, 0) is 48.9 Å². The van der Waals surface area contributed by atoms with Gasteiger partial charge < -0.3 is 10.6 Å². The highest BCUT2D eigenvalue weighted by molar-refractivity contribution is 6.00. The summed E-state index contributed by atoms with van der Waals surface area (Å²) in [6.07, 6.45) is 2.98. The van der Waals surface area contributed by atoms with Gasteiger partial charge in [0.1, 0.15) is 12.7 Å². The van der Waals surface area contributed by atoms with Crippen molar-refractivity contribution in [1.29, 1.82) is 0 Å². The van der Waals surface area contributed by atoms with Crippen LogP contribution in [0.4, 0.5) is 21.0 Å². The molecule has 0 bridgehead atoms. The zero-order valence-electron chi connectivity index (χ0n) is 16.6. The Labute approximate surface area is 177 Å². The molecule has 0 atom stereocenters. The highest BCUT2D eigenvalue weighted by Gasteiger charge is 2.13. The molecule has 2 N–H and O–H groups in total. The third kappa shape index (κ3) is 3.40. The monoisotopic (exact) mass is 410 g/mol. The van der Waals surface area contributed by atoms with E-state index in [1.165, 1.54) is 21.8 Å². The van der Waals surface area contributed by atoms with Gasteiger partial charge in [0.05, 0.1) is 22.1 Å². The molecule has 0 fully saturated rings. The summed E-state index contributed by atoms with van der Waals surface area (Å²) in [5.74, 6) is 0. The zero-order chi connectivity index (χ0) is 21.4. The third-order valence-electron chi connectivity index (χ3n) is 5.08. The number of nitrogens with one attached hydrogen (secondary N) is 2. The predicted octanol–water partition coefficient (Wildman–Crippen LogP) is 4.85. The van der Waals surface area contributed by atoms with Crippen molar-refractivity contribution in [3.05, 3.63) is 84.9 Å². The van der Waals surface area contributed by atoms with Gasteiger partial charge in [-0.25, -0.2) is 19.6 Å². The molecule has 5 aromatic rings. The Morgan fingerprint density at radius 1 is 0.742 bits per heavy atom. The summed E-state index contributed by atoms with van der Waals surface area (Å²) in [5.41, 5.74) is 4.92. The average molecular weight is 410 g/mol. The van der Waals surface area contributed by atoms with Crippen LogP contribution in [-0.4, -0.2) is 31.2 Å². The minimum Gasteiger partial charge on any atom is -0.307 e. The van der Waals surface area contributed by atoms with Gasteiger partial charge in [0, 0.05) is 11.4 Å². The Balaban J connectivity index is 1.39. The standard InChI is InChI=1S/C23H18N6O2/c1-15-10-11-16(26-22(30)28-13-24-17-6-2-4-8-20(17)28)12-19(15)27-23(31)29-14-25-18-7-3-5-9-21(18)29/h2-14H,1H3,(H,26,30)(H,27,31). The zero-order valence-corrected chi connectivity index (χ0v) is 16.6. The first-order valence-electron chi connectivity index (χ1n) is 9.68. The van der Waals surface area contributed by atoms with Crippen molar-refractivity contribution < 1.29 is 9.59 Å². The van der Waals surface area contributed by atoms with Crippen LogP contribution >= 0.6 is 0 Å². The molecule has 0 unspecified atom stereocenters. The van der Waals surface area contributed by atoms with Gasteiger partial charge in [0.15, 0.2) is 0 Å². The number of imidazole rings is 2. The summed E-state index contributed by atoms with van der Waals surface area (Å²) in [4.78, 5) is 34.1. The lowest BCUT2D eigenvalue weighted by atomic mass is 10.2. The number of rotatable bonds is 2. The first kappa shape index (κ1) is 18.6. The van der Waals surface area contributed by atoms with E-state index in [1.807, 2.05) is 61.5 Å². The lowest BCUT2D eigenvalue weighted by Gasteiger charge is -2.12. The van der Waals surface area contributed by atoms with E-state index >= 15 is 0 Å². The van der Waals surface area contributed by atoms with Crippen LogP contribution in [0.2, 0.25) is 0 Å². The number of hydrogen-bond donors (Lipinski definition) is 2. The summed E-state index contributed by atoms with van der Waals surface area (Å²) in [6, 6.07) is 19.5. The molecule has 152 valence electrons. The minimum atomic E-state index is -0.338. The largest absolute Gasteiger partial charge is 0.331 e. The Hall–Kier alpha value is -4.46. The fraction of sp³-hybridized carbons (Fsp3) is 0.0435. The molecular formula is C23H18N6O2. The maximum atomic E-state index is 12.8. The van der Waals surface area contributed by atoms with Gasteiger partial charge in [-0.3, -0.25) is 9.13 Å². The van der Waals surface area contributed by atoms with Crippen LogP contribution in [0.15, 0.2) is 79.4 Å². The minimum absolute atomic E-state index is 0.333. The van der Waals surface area contributed by atoms with E-state index in [2.05, 4.69) is 20.6 Å². The van der Waals surface area contributed by atoms with Crippen molar-refractivity contribution >= 4 is 45.5 Å². The number of carbonyl (C=O) groups excluding carboxylic acids is 2. The molecule has 8 heteroatoms. The summed E-state index contributed by atoms with van der Waals surface area (Å²) in [6.45, 7) is 1.89. The number of nitrogens with zero attached hydrogens (tertiary/aromatic N) is 4. The number of fused-ring (bicyclic) bond motifs is 2. The number of para-hydroxylation sites is 4. The molecule has 2 aromatic heterocycles. The fourth-order valence-electron chi connectivity index (χ4n) is 3.44. The molecule has 3 aromatic carbocycles. The Kier molecular flexibility index (Phi) is 4.44. The molecule has 2 heterocycles. The topological polar surface area (TPSA) is 93.8 Å². The summed E-state index contributed by atoms with van der Waals surface area (Å²) in [5, 5.41) is 5.75. The molecule has 0 aliphatic heterocycles. The first-order valence-corrected chi connectivity index (χ1v) is 9.68. The van der Waals surface area contributed by atoms with E-state index in [-0.39, 0.29) is 12.1 Å². The summed E-state index contributed by atoms with van der Waals surface area (Å²) < 4.78 is 2.91. The van der Waals surface area contributed by atoms with Crippen LogP contribution in [0.3, 0.4) is 0 Å². The van der Waals surface area contributed by atoms with Crippen molar-refractivity contribution in [2.75, 3.05) is 10.6 Å². The van der Waals surface area contributed by atoms with E-state index in [4.69, 9.17) is 0 Å². The molecule has 0 aliphatic rings. The van der Waals surface area contributed by atoms with E-state index < -0.39 is 0 Å². The molecular weight excluding hydrogens is 392 g/mol. The summed E-state index contributed by atoms with van der Waals surface area (Å²) >= 11 is 0. The molecule has 0 saturated carbocycles. The number of hydrogen-bond acceptors (Lipinski definition) is 4. The second kappa shape index (κ2) is 7.42. The third-order valence-corrected chi connectivity index (χ3v) is 5.08. The Bertz CT molecular complexity index is 1450. The van der Waals surface area contributed by atoms with Crippen molar-refractivity contribution in [1.82, 2.24) is 19.1 Å². The molecule has 0 aliphatic carbocycles. The molecule has 0 saturated heterocycles. The predicted molar refractivity (Wildman–Crippen MR) is 119 cm³/mol. The lowest BCUT2D eigenvalue weighted by molar-refractivity contribution is 0.253. The normalized spacial score (nSPS) is 11.0. The van der Waals surface area contributed by atoms with Crippen LogP contribution in [0.5, 0.6) is 0 Å². The van der Waals surface area contributed by atoms with Gasteiger partial charge in [-0.2, -0.15) is 0 Å². The van der Waals surface area contributed by atoms with E-state index in [9.17, 15) is 9.59 Å². The van der Waals surface area contributed by atoms with Crippen LogP contribution in [0.1, 0.15) is 5.56 Å². The molecule has 2 amide bonds. The SMILES string of the molecule is Cc1ccc(NC(=O)n2cnc3ccccc32)cc1NC(=O)n1cnc2ccccc21. The van der Waals surface area contributed by atoms with Crippen molar-refractivity contribution in [3.8, 4) is 0 Å². The van der Waals surface area contributed by atoms with Gasteiger partial charge >= 0.3 is 12.1 Å². The van der Waals surface area contributed by atoms with Gasteiger partial charge in [0.2, 0.25) is 0 Å². The smallest absolute Gasteiger partial charge is 0.307 e. The highest BCUT2D eigenvalue weighted by atomic mass is 16.2. The second-order valence-corrected chi connectivity index (χ2v) is 7.10. The molecule has 8 nitrogen and oxygen atoms in total. The van der Waals surface area contributed by atoms with Crippen LogP contribution < -0.4 is 10.6 Å². The maximum absolute atomic E-state index is 12.8. The van der Waals surface area contributed by atoms with E-state index in [0.29, 0.717) is 22.4 Å². The van der Waals surface area contributed by atoms with Crippen molar-refractivity contribution in [2.24, 2.45) is 0 Å². The molecule has 0 radical (unpaired) electrons. The van der Waals surface area contributed by atoms with Gasteiger partial charge in [0.25, 0.3) is 0 Å². The fourth-order valence-corrected chi connectivity index (χ4v) is 3.44. The average Bonchev–Trinajstić information content (AvgIpc) is 3.40. The highest BCUT2D eigenvalue weighted by Crippen LogP contribution is 2.22. The number of aromatic nitrogens is 4. The maximum Gasteiger partial charge on any atom is 0.331 e.